The van der Waals surface area contributed by atoms with E-state index in [0.29, 0.717) is 28.9 Å². The SMILES string of the molecule is COc1ncc(-c2cc(NC3CCC(N)CC3)ncc2Cl)cc1NCC1CCOCC1. The number of methoxy groups -OCH3 is 1. The van der Waals surface area contributed by atoms with Crippen LogP contribution in [0.3, 0.4) is 0 Å². The van der Waals surface area contributed by atoms with E-state index in [1.54, 1.807) is 19.5 Å². The first-order valence-electron chi connectivity index (χ1n) is 11.2. The summed E-state index contributed by atoms with van der Waals surface area (Å²) in [5.41, 5.74) is 8.73. The van der Waals surface area contributed by atoms with Crippen LogP contribution in [0.2, 0.25) is 5.02 Å². The molecule has 0 unspecified atom stereocenters. The average Bonchev–Trinajstić information content (AvgIpc) is 2.81. The molecule has 1 aliphatic heterocycles. The van der Waals surface area contributed by atoms with Gasteiger partial charge in [-0.25, -0.2) is 9.97 Å². The number of ether oxygens (including phenoxy) is 2. The van der Waals surface area contributed by atoms with Gasteiger partial charge in [-0.05, 0) is 56.6 Å². The highest BCUT2D eigenvalue weighted by molar-refractivity contribution is 6.33. The van der Waals surface area contributed by atoms with Crippen LogP contribution in [0.1, 0.15) is 38.5 Å². The van der Waals surface area contributed by atoms with Crippen molar-refractivity contribution in [1.82, 2.24) is 9.97 Å². The third kappa shape index (κ3) is 5.79. The van der Waals surface area contributed by atoms with Crippen molar-refractivity contribution in [1.29, 1.82) is 0 Å². The van der Waals surface area contributed by atoms with Gasteiger partial charge in [-0.2, -0.15) is 0 Å². The number of rotatable bonds is 7. The first-order chi connectivity index (χ1) is 15.1. The molecule has 0 amide bonds. The second-order valence-corrected chi connectivity index (χ2v) is 8.93. The Kier molecular flexibility index (Phi) is 7.48. The number of pyridine rings is 2. The summed E-state index contributed by atoms with van der Waals surface area (Å²) in [6.45, 7) is 2.53. The number of nitrogens with one attached hydrogen (secondary N) is 2. The molecule has 2 fully saturated rings. The maximum absolute atomic E-state index is 6.52. The lowest BCUT2D eigenvalue weighted by atomic mass is 9.92. The Bertz CT molecular complexity index is 867. The predicted octanol–water partition coefficient (Wildman–Crippen LogP) is 4.33. The van der Waals surface area contributed by atoms with Crippen LogP contribution in [0.5, 0.6) is 5.88 Å². The number of halogens is 1. The zero-order valence-corrected chi connectivity index (χ0v) is 18.8. The number of hydrogen-bond donors (Lipinski definition) is 3. The lowest BCUT2D eigenvalue weighted by molar-refractivity contribution is 0.0699. The molecule has 0 radical (unpaired) electrons. The third-order valence-electron chi connectivity index (χ3n) is 6.26. The molecule has 8 heteroatoms. The van der Waals surface area contributed by atoms with Crippen LogP contribution in [0.4, 0.5) is 11.5 Å². The van der Waals surface area contributed by atoms with Crippen molar-refractivity contribution in [2.45, 2.75) is 50.6 Å². The van der Waals surface area contributed by atoms with Gasteiger partial charge < -0.3 is 25.8 Å². The standard InChI is InChI=1S/C23H32ClN5O2/c1-30-23-21(26-12-15-6-8-31-9-7-15)10-16(13-28-23)19-11-22(27-14-20(19)24)29-18-4-2-17(25)3-5-18/h10-11,13-15,17-18,26H,2-9,12,25H2,1H3,(H,27,29). The van der Waals surface area contributed by atoms with Crippen LogP contribution in [0.25, 0.3) is 11.1 Å². The smallest absolute Gasteiger partial charge is 0.237 e. The van der Waals surface area contributed by atoms with Gasteiger partial charge in [-0.15, -0.1) is 0 Å². The Morgan fingerprint density at radius 1 is 1.10 bits per heavy atom. The molecule has 7 nitrogen and oxygen atoms in total. The van der Waals surface area contributed by atoms with Gasteiger partial charge in [0.05, 0.1) is 17.8 Å². The minimum atomic E-state index is 0.323. The Balaban J connectivity index is 1.51. The van der Waals surface area contributed by atoms with Gasteiger partial charge >= 0.3 is 0 Å². The van der Waals surface area contributed by atoms with E-state index in [9.17, 15) is 0 Å². The summed E-state index contributed by atoms with van der Waals surface area (Å²) in [6, 6.07) is 4.77. The van der Waals surface area contributed by atoms with Crippen LogP contribution < -0.4 is 21.1 Å². The molecule has 0 bridgehead atoms. The van der Waals surface area contributed by atoms with E-state index >= 15 is 0 Å². The van der Waals surface area contributed by atoms with Gasteiger partial charge in [0.1, 0.15) is 5.82 Å². The minimum absolute atomic E-state index is 0.323. The molecular formula is C23H32ClN5O2. The summed E-state index contributed by atoms with van der Waals surface area (Å²) in [7, 11) is 1.64. The molecule has 1 saturated heterocycles. The molecule has 1 aliphatic carbocycles. The van der Waals surface area contributed by atoms with Crippen molar-refractivity contribution in [3.8, 4) is 17.0 Å². The van der Waals surface area contributed by atoms with E-state index in [-0.39, 0.29) is 0 Å². The second kappa shape index (κ2) is 10.5. The van der Waals surface area contributed by atoms with Crippen molar-refractivity contribution in [2.75, 3.05) is 37.5 Å². The van der Waals surface area contributed by atoms with Gasteiger partial charge in [0.25, 0.3) is 0 Å². The monoisotopic (exact) mass is 445 g/mol. The molecule has 4 rings (SSSR count). The Morgan fingerprint density at radius 3 is 2.61 bits per heavy atom. The van der Waals surface area contributed by atoms with Crippen LogP contribution >= 0.6 is 11.6 Å². The van der Waals surface area contributed by atoms with Gasteiger partial charge in [0, 0.05) is 55.4 Å². The first-order valence-corrected chi connectivity index (χ1v) is 11.5. The number of nitrogens with two attached hydrogens (primary N) is 1. The molecule has 1 saturated carbocycles. The van der Waals surface area contributed by atoms with Crippen molar-refractivity contribution in [2.24, 2.45) is 11.7 Å². The summed E-state index contributed by atoms with van der Waals surface area (Å²) < 4.78 is 10.9. The fraction of sp³-hybridized carbons (Fsp3) is 0.565. The summed E-state index contributed by atoms with van der Waals surface area (Å²) in [5, 5.41) is 7.66. The van der Waals surface area contributed by atoms with Crippen molar-refractivity contribution >= 4 is 23.1 Å². The summed E-state index contributed by atoms with van der Waals surface area (Å²) in [5.74, 6) is 2.00. The van der Waals surface area contributed by atoms with Crippen molar-refractivity contribution in [3.63, 3.8) is 0 Å². The van der Waals surface area contributed by atoms with E-state index in [2.05, 4.69) is 26.7 Å². The molecule has 4 N–H and O–H groups in total. The highest BCUT2D eigenvalue weighted by atomic mass is 35.5. The van der Waals surface area contributed by atoms with Crippen LogP contribution in [0.15, 0.2) is 24.5 Å². The normalized spacial score (nSPS) is 22.2. The highest BCUT2D eigenvalue weighted by Gasteiger charge is 2.20. The molecule has 0 atom stereocenters. The van der Waals surface area contributed by atoms with E-state index in [1.165, 1.54) is 0 Å². The molecule has 168 valence electrons. The van der Waals surface area contributed by atoms with Gasteiger partial charge in [-0.1, -0.05) is 11.6 Å². The average molecular weight is 446 g/mol. The summed E-state index contributed by atoms with van der Waals surface area (Å²) in [6.07, 6.45) is 9.84. The molecule has 0 spiro atoms. The van der Waals surface area contributed by atoms with Crippen LogP contribution in [0, 0.1) is 5.92 Å². The lowest BCUT2D eigenvalue weighted by Gasteiger charge is -2.27. The molecule has 2 aromatic heterocycles. The van der Waals surface area contributed by atoms with Gasteiger partial charge in [0.15, 0.2) is 0 Å². The zero-order valence-electron chi connectivity index (χ0n) is 18.1. The predicted molar refractivity (Wildman–Crippen MR) is 125 cm³/mol. The molecule has 0 aromatic carbocycles. The second-order valence-electron chi connectivity index (χ2n) is 8.52. The van der Waals surface area contributed by atoms with Crippen molar-refractivity contribution in [3.05, 3.63) is 29.5 Å². The molecule has 3 heterocycles. The number of aromatic nitrogens is 2. The van der Waals surface area contributed by atoms with Gasteiger partial charge in [0.2, 0.25) is 5.88 Å². The molecular weight excluding hydrogens is 414 g/mol. The Morgan fingerprint density at radius 2 is 1.87 bits per heavy atom. The quantitative estimate of drug-likeness (QED) is 0.584. The minimum Gasteiger partial charge on any atom is -0.480 e. The maximum atomic E-state index is 6.52. The number of hydrogen-bond acceptors (Lipinski definition) is 7. The van der Waals surface area contributed by atoms with E-state index in [1.807, 2.05) is 6.07 Å². The fourth-order valence-corrected chi connectivity index (χ4v) is 4.52. The fourth-order valence-electron chi connectivity index (χ4n) is 4.31. The van der Waals surface area contributed by atoms with Crippen LogP contribution in [-0.2, 0) is 4.74 Å². The zero-order chi connectivity index (χ0) is 21.6. The van der Waals surface area contributed by atoms with E-state index in [0.717, 1.165) is 80.9 Å². The number of nitrogens with zero attached hydrogens (tertiary/aromatic N) is 2. The highest BCUT2D eigenvalue weighted by Crippen LogP contribution is 2.34. The topological polar surface area (TPSA) is 94.3 Å². The summed E-state index contributed by atoms with van der Waals surface area (Å²) >= 11 is 6.52. The molecule has 31 heavy (non-hydrogen) atoms. The van der Waals surface area contributed by atoms with Crippen LogP contribution in [-0.4, -0.2) is 48.9 Å². The maximum Gasteiger partial charge on any atom is 0.237 e. The first kappa shape index (κ1) is 22.1. The van der Waals surface area contributed by atoms with Crippen molar-refractivity contribution < 1.29 is 9.47 Å². The molecule has 2 aliphatic rings. The Labute approximate surface area is 189 Å². The van der Waals surface area contributed by atoms with E-state index in [4.69, 9.17) is 26.8 Å². The Hall–Kier alpha value is -2.09. The largest absolute Gasteiger partial charge is 0.480 e. The number of anilines is 2. The summed E-state index contributed by atoms with van der Waals surface area (Å²) in [4.78, 5) is 8.99. The van der Waals surface area contributed by atoms with Gasteiger partial charge in [-0.3, -0.25) is 0 Å². The third-order valence-corrected chi connectivity index (χ3v) is 6.56. The van der Waals surface area contributed by atoms with E-state index < -0.39 is 0 Å². The lowest BCUT2D eigenvalue weighted by Crippen LogP contribution is -2.33. The molecule has 2 aromatic rings.